The van der Waals surface area contributed by atoms with Crippen LogP contribution in [-0.4, -0.2) is 62.0 Å². The first-order chi connectivity index (χ1) is 13.6. The van der Waals surface area contributed by atoms with Crippen LogP contribution in [0.2, 0.25) is 0 Å². The van der Waals surface area contributed by atoms with E-state index in [1.54, 1.807) is 6.92 Å². The number of ether oxygens (including phenoxy) is 3. The van der Waals surface area contributed by atoms with Crippen LogP contribution < -0.4 is 5.32 Å². The Morgan fingerprint density at radius 2 is 1.89 bits per heavy atom. The van der Waals surface area contributed by atoms with Crippen molar-refractivity contribution in [2.75, 3.05) is 44.8 Å². The third-order valence-electron chi connectivity index (χ3n) is 5.70. The summed E-state index contributed by atoms with van der Waals surface area (Å²) in [5.74, 6) is -0.849. The smallest absolute Gasteiger partial charge is 0.341 e. The lowest BCUT2D eigenvalue weighted by molar-refractivity contribution is -0.185. The van der Waals surface area contributed by atoms with Gasteiger partial charge in [-0.15, -0.1) is 11.3 Å². The highest BCUT2D eigenvalue weighted by molar-refractivity contribution is 7.17. The molecule has 0 aromatic carbocycles. The summed E-state index contributed by atoms with van der Waals surface area (Å²) in [4.78, 5) is 28.5. The van der Waals surface area contributed by atoms with Crippen molar-refractivity contribution in [2.45, 2.75) is 51.2 Å². The summed E-state index contributed by atoms with van der Waals surface area (Å²) < 4.78 is 16.7. The van der Waals surface area contributed by atoms with Crippen LogP contribution in [0.5, 0.6) is 0 Å². The standard InChI is InChI=1S/C20H28N2O5S/c1-2-25-19(24)17-14-5-3-4-6-15(14)28-18(17)21-16(23)13-22-9-7-20(8-10-22)26-11-12-27-20/h2-13H2,1H3,(H,21,23). The molecule has 28 heavy (non-hydrogen) atoms. The van der Waals surface area contributed by atoms with Crippen LogP contribution in [0.25, 0.3) is 0 Å². The van der Waals surface area contributed by atoms with Gasteiger partial charge in [-0.2, -0.15) is 0 Å². The summed E-state index contributed by atoms with van der Waals surface area (Å²) >= 11 is 1.53. The topological polar surface area (TPSA) is 77.1 Å². The number of carbonyl (C=O) groups is 2. The minimum absolute atomic E-state index is 0.0895. The monoisotopic (exact) mass is 408 g/mol. The van der Waals surface area contributed by atoms with Gasteiger partial charge in [0.2, 0.25) is 5.91 Å². The Hall–Kier alpha value is -1.48. The van der Waals surface area contributed by atoms with Gasteiger partial charge >= 0.3 is 5.97 Å². The van der Waals surface area contributed by atoms with E-state index in [9.17, 15) is 9.59 Å². The Morgan fingerprint density at radius 3 is 2.61 bits per heavy atom. The van der Waals surface area contributed by atoms with E-state index < -0.39 is 5.79 Å². The first kappa shape index (κ1) is 19.8. The molecule has 0 bridgehead atoms. The number of likely N-dealkylation sites (tertiary alicyclic amines) is 1. The second kappa shape index (κ2) is 8.49. The number of hydrogen-bond donors (Lipinski definition) is 1. The first-order valence-electron chi connectivity index (χ1n) is 10.2. The number of hydrogen-bond acceptors (Lipinski definition) is 7. The molecular weight excluding hydrogens is 380 g/mol. The number of thiophene rings is 1. The van der Waals surface area contributed by atoms with E-state index in [0.29, 0.717) is 36.9 Å². The second-order valence-corrected chi connectivity index (χ2v) is 8.67. The highest BCUT2D eigenvalue weighted by Gasteiger charge is 2.40. The Morgan fingerprint density at radius 1 is 1.18 bits per heavy atom. The lowest BCUT2D eigenvalue weighted by Gasteiger charge is -2.37. The van der Waals surface area contributed by atoms with Gasteiger partial charge in [-0.25, -0.2) is 4.79 Å². The van der Waals surface area contributed by atoms with Crippen LogP contribution in [0.15, 0.2) is 0 Å². The van der Waals surface area contributed by atoms with Gasteiger partial charge in [0, 0.05) is 30.8 Å². The molecule has 0 radical (unpaired) electrons. The fraction of sp³-hybridized carbons (Fsp3) is 0.700. The summed E-state index contributed by atoms with van der Waals surface area (Å²) in [5, 5.41) is 3.63. The molecule has 8 heteroatoms. The van der Waals surface area contributed by atoms with Crippen molar-refractivity contribution in [3.8, 4) is 0 Å². The van der Waals surface area contributed by atoms with E-state index in [0.717, 1.165) is 57.2 Å². The summed E-state index contributed by atoms with van der Waals surface area (Å²) in [7, 11) is 0. The molecule has 1 spiro atoms. The fourth-order valence-corrected chi connectivity index (χ4v) is 5.57. The van der Waals surface area contributed by atoms with Gasteiger partial charge < -0.3 is 19.5 Å². The summed E-state index contributed by atoms with van der Waals surface area (Å²) in [5.41, 5.74) is 1.64. The molecule has 0 saturated carbocycles. The molecule has 154 valence electrons. The average Bonchev–Trinajstić information content (AvgIpc) is 3.28. The van der Waals surface area contributed by atoms with Crippen LogP contribution in [0.3, 0.4) is 0 Å². The number of carbonyl (C=O) groups excluding carboxylic acids is 2. The van der Waals surface area contributed by atoms with Gasteiger partial charge in [-0.05, 0) is 38.2 Å². The van der Waals surface area contributed by atoms with Crippen molar-refractivity contribution < 1.29 is 23.8 Å². The number of nitrogens with one attached hydrogen (secondary N) is 1. The van der Waals surface area contributed by atoms with Crippen LogP contribution in [0.1, 0.15) is 53.4 Å². The predicted molar refractivity (Wildman–Crippen MR) is 106 cm³/mol. The molecule has 3 aliphatic rings. The Bertz CT molecular complexity index is 731. The molecule has 2 saturated heterocycles. The Balaban J connectivity index is 1.40. The molecule has 1 aromatic heterocycles. The predicted octanol–water partition coefficient (Wildman–Crippen LogP) is 2.58. The molecule has 3 heterocycles. The highest BCUT2D eigenvalue weighted by atomic mass is 32.1. The molecule has 1 N–H and O–H groups in total. The number of aryl methyl sites for hydroxylation is 1. The molecule has 1 amide bonds. The molecular formula is C20H28N2O5S. The maximum atomic E-state index is 12.7. The van der Waals surface area contributed by atoms with Crippen molar-refractivity contribution in [2.24, 2.45) is 0 Å². The highest BCUT2D eigenvalue weighted by Crippen LogP contribution is 2.38. The van der Waals surface area contributed by atoms with Crippen LogP contribution in [-0.2, 0) is 31.8 Å². The van der Waals surface area contributed by atoms with Crippen molar-refractivity contribution >= 4 is 28.2 Å². The number of nitrogens with zero attached hydrogens (tertiary/aromatic N) is 1. The van der Waals surface area contributed by atoms with Gasteiger partial charge in [-0.1, -0.05) is 0 Å². The maximum absolute atomic E-state index is 12.7. The van der Waals surface area contributed by atoms with Gasteiger partial charge in [0.25, 0.3) is 0 Å². The summed E-state index contributed by atoms with van der Waals surface area (Å²) in [6.07, 6.45) is 5.61. The first-order valence-corrected chi connectivity index (χ1v) is 11.0. The lowest BCUT2D eigenvalue weighted by Crippen LogP contribution is -2.47. The third-order valence-corrected chi connectivity index (χ3v) is 6.91. The van der Waals surface area contributed by atoms with Crippen molar-refractivity contribution in [3.05, 3.63) is 16.0 Å². The van der Waals surface area contributed by atoms with Crippen LogP contribution in [0.4, 0.5) is 5.00 Å². The van der Waals surface area contributed by atoms with E-state index in [4.69, 9.17) is 14.2 Å². The van der Waals surface area contributed by atoms with Crippen molar-refractivity contribution in [1.82, 2.24) is 4.90 Å². The number of anilines is 1. The molecule has 1 aromatic rings. The molecule has 7 nitrogen and oxygen atoms in total. The van der Waals surface area contributed by atoms with E-state index in [2.05, 4.69) is 10.2 Å². The van der Waals surface area contributed by atoms with E-state index in [1.807, 2.05) is 0 Å². The van der Waals surface area contributed by atoms with Crippen LogP contribution >= 0.6 is 11.3 Å². The molecule has 2 fully saturated rings. The van der Waals surface area contributed by atoms with Gasteiger partial charge in [-0.3, -0.25) is 9.69 Å². The van der Waals surface area contributed by atoms with E-state index in [1.165, 1.54) is 16.2 Å². The van der Waals surface area contributed by atoms with Crippen molar-refractivity contribution in [3.63, 3.8) is 0 Å². The largest absolute Gasteiger partial charge is 0.462 e. The molecule has 0 unspecified atom stereocenters. The molecule has 4 rings (SSSR count). The number of rotatable bonds is 5. The van der Waals surface area contributed by atoms with E-state index in [-0.39, 0.29) is 11.9 Å². The zero-order valence-electron chi connectivity index (χ0n) is 16.4. The molecule has 0 atom stereocenters. The minimum Gasteiger partial charge on any atom is -0.462 e. The third kappa shape index (κ3) is 4.10. The minimum atomic E-state index is -0.434. The van der Waals surface area contributed by atoms with E-state index >= 15 is 0 Å². The number of amides is 1. The summed E-state index contributed by atoms with van der Waals surface area (Å²) in [6.45, 7) is 5.27. The fourth-order valence-electron chi connectivity index (χ4n) is 4.28. The van der Waals surface area contributed by atoms with Gasteiger partial charge in [0.15, 0.2) is 5.79 Å². The Kier molecular flexibility index (Phi) is 6.01. The normalized spacial score (nSPS) is 21.5. The maximum Gasteiger partial charge on any atom is 0.341 e. The zero-order chi connectivity index (χ0) is 19.6. The SMILES string of the molecule is CCOC(=O)c1c(NC(=O)CN2CCC3(CC2)OCCO3)sc2c1CCCC2. The number of fused-ring (bicyclic) bond motifs is 1. The quantitative estimate of drug-likeness (QED) is 0.755. The molecule has 2 aliphatic heterocycles. The zero-order valence-corrected chi connectivity index (χ0v) is 17.2. The van der Waals surface area contributed by atoms with Gasteiger partial charge in [0.05, 0.1) is 31.9 Å². The van der Waals surface area contributed by atoms with Gasteiger partial charge in [0.1, 0.15) is 5.00 Å². The van der Waals surface area contributed by atoms with Crippen molar-refractivity contribution in [1.29, 1.82) is 0 Å². The molecule has 1 aliphatic carbocycles. The Labute approximate surface area is 169 Å². The second-order valence-electron chi connectivity index (χ2n) is 7.57. The van der Waals surface area contributed by atoms with Crippen LogP contribution in [0, 0.1) is 0 Å². The average molecular weight is 409 g/mol. The summed E-state index contributed by atoms with van der Waals surface area (Å²) in [6, 6.07) is 0. The lowest BCUT2D eigenvalue weighted by atomic mass is 9.95. The number of piperidine rings is 1. The number of esters is 1.